The van der Waals surface area contributed by atoms with Crippen LogP contribution in [0, 0.1) is 11.6 Å². The molecule has 0 bridgehead atoms. The number of nitrogens with one attached hydrogen (secondary N) is 1. The second-order valence-electron chi connectivity index (χ2n) is 7.21. The van der Waals surface area contributed by atoms with Crippen molar-refractivity contribution in [3.05, 3.63) is 59.4 Å². The lowest BCUT2D eigenvalue weighted by atomic mass is 10.0. The number of aliphatic hydroxyl groups excluding tert-OH is 2. The Balaban J connectivity index is 1.59. The summed E-state index contributed by atoms with van der Waals surface area (Å²) < 4.78 is 29.5. The molecule has 3 N–H and O–H groups in total. The summed E-state index contributed by atoms with van der Waals surface area (Å²) in [6, 6.07) is 4.72. The van der Waals surface area contributed by atoms with Crippen molar-refractivity contribution < 1.29 is 28.6 Å². The number of anilines is 1. The number of halogens is 2. The van der Waals surface area contributed by atoms with Gasteiger partial charge in [-0.05, 0) is 37.1 Å². The van der Waals surface area contributed by atoms with Crippen molar-refractivity contribution in [2.45, 2.75) is 25.0 Å². The van der Waals surface area contributed by atoms with E-state index in [1.165, 1.54) is 16.8 Å². The largest absolute Gasteiger partial charge is 0.394 e. The second-order valence-corrected chi connectivity index (χ2v) is 7.21. The molecule has 1 fully saturated rings. The Labute approximate surface area is 175 Å². The maximum absolute atomic E-state index is 14.4. The zero-order valence-electron chi connectivity index (χ0n) is 16.4. The van der Waals surface area contributed by atoms with Gasteiger partial charge in [0.05, 0.1) is 18.8 Å². The van der Waals surface area contributed by atoms with Gasteiger partial charge in [0, 0.05) is 18.3 Å². The minimum Gasteiger partial charge on any atom is -0.394 e. The van der Waals surface area contributed by atoms with Gasteiger partial charge in [-0.1, -0.05) is 0 Å². The lowest BCUT2D eigenvalue weighted by Crippen LogP contribution is -2.30. The van der Waals surface area contributed by atoms with Gasteiger partial charge in [0.2, 0.25) is 0 Å². The van der Waals surface area contributed by atoms with E-state index < -0.39 is 30.3 Å². The highest BCUT2D eigenvalue weighted by Gasteiger charge is 2.30. The summed E-state index contributed by atoms with van der Waals surface area (Å²) >= 11 is 0. The average molecular weight is 433 g/mol. The molecule has 4 rings (SSSR count). The Hall–Kier alpha value is -3.15. The van der Waals surface area contributed by atoms with Crippen molar-refractivity contribution >= 4 is 17.4 Å². The third-order valence-electron chi connectivity index (χ3n) is 5.11. The fourth-order valence-corrected chi connectivity index (χ4v) is 3.62. The van der Waals surface area contributed by atoms with Crippen LogP contribution in [0.15, 0.2) is 36.7 Å². The van der Waals surface area contributed by atoms with Crippen LogP contribution in [0.5, 0.6) is 0 Å². The van der Waals surface area contributed by atoms with Gasteiger partial charge in [0.1, 0.15) is 35.7 Å². The van der Waals surface area contributed by atoms with E-state index in [4.69, 9.17) is 9.94 Å². The molecular weight excluding hydrogens is 412 g/mol. The first-order valence-corrected chi connectivity index (χ1v) is 9.75. The molecule has 3 aromatic rings. The summed E-state index contributed by atoms with van der Waals surface area (Å²) in [5, 5.41) is 22.1. The zero-order valence-corrected chi connectivity index (χ0v) is 16.4. The second kappa shape index (κ2) is 8.92. The van der Waals surface area contributed by atoms with Crippen molar-refractivity contribution in [3.8, 4) is 0 Å². The molecule has 1 amide bonds. The molecule has 1 saturated heterocycles. The number of benzene rings is 1. The number of hydroxylamine groups is 1. The monoisotopic (exact) mass is 433 g/mol. The Kier molecular flexibility index (Phi) is 6.07. The molecule has 0 saturated carbocycles. The Morgan fingerprint density at radius 3 is 3.00 bits per heavy atom. The van der Waals surface area contributed by atoms with E-state index in [2.05, 4.69) is 15.6 Å². The maximum Gasteiger partial charge on any atom is 0.280 e. The van der Waals surface area contributed by atoms with E-state index in [0.29, 0.717) is 18.8 Å². The molecule has 0 radical (unpaired) electrons. The van der Waals surface area contributed by atoms with Crippen LogP contribution in [0.2, 0.25) is 0 Å². The van der Waals surface area contributed by atoms with Crippen LogP contribution < -0.4 is 10.4 Å². The minimum absolute atomic E-state index is 0.132. The van der Waals surface area contributed by atoms with Crippen LogP contribution in [0.4, 0.5) is 14.6 Å². The molecule has 2 atom stereocenters. The molecule has 31 heavy (non-hydrogen) atoms. The summed E-state index contributed by atoms with van der Waals surface area (Å²) in [6.45, 7) is -0.184. The molecule has 11 heteroatoms. The molecule has 3 heterocycles. The highest BCUT2D eigenvalue weighted by Crippen LogP contribution is 2.36. The standard InChI is InChI=1S/C20H21F2N5O4/c21-12-3-4-16(22)14(8-12)17-2-1-6-26(17)18-5-7-27-19(24-18)15(9-23-27)20(30)25-31-11-13(29)10-28/h3-5,7-9,13,17,28-29H,1-2,6,10-11H2,(H,25,30). The van der Waals surface area contributed by atoms with E-state index >= 15 is 0 Å². The number of carbonyl (C=O) groups is 1. The van der Waals surface area contributed by atoms with Crippen LogP contribution in [-0.2, 0) is 4.84 Å². The number of hydrogen-bond donors (Lipinski definition) is 3. The van der Waals surface area contributed by atoms with Gasteiger partial charge in [-0.15, -0.1) is 0 Å². The van der Waals surface area contributed by atoms with Gasteiger partial charge in [0.25, 0.3) is 5.91 Å². The molecule has 9 nitrogen and oxygen atoms in total. The number of nitrogens with zero attached hydrogens (tertiary/aromatic N) is 4. The minimum atomic E-state index is -1.12. The van der Waals surface area contributed by atoms with E-state index in [1.807, 2.05) is 4.90 Å². The smallest absolute Gasteiger partial charge is 0.280 e. The Morgan fingerprint density at radius 1 is 1.35 bits per heavy atom. The van der Waals surface area contributed by atoms with Crippen molar-refractivity contribution in [3.63, 3.8) is 0 Å². The first kappa shape index (κ1) is 21.1. The van der Waals surface area contributed by atoms with Crippen molar-refractivity contribution in [2.75, 3.05) is 24.7 Å². The van der Waals surface area contributed by atoms with Crippen LogP contribution >= 0.6 is 0 Å². The number of aliphatic hydroxyl groups is 2. The quantitative estimate of drug-likeness (QED) is 0.483. The SMILES string of the molecule is O=C(NOCC(O)CO)c1cnn2ccc(N3CCCC3c3cc(F)ccc3F)nc12. The fourth-order valence-electron chi connectivity index (χ4n) is 3.62. The Morgan fingerprint density at radius 2 is 2.19 bits per heavy atom. The molecule has 1 aliphatic heterocycles. The number of carbonyl (C=O) groups excluding carboxylic acids is 1. The lowest BCUT2D eigenvalue weighted by Gasteiger charge is -2.26. The lowest BCUT2D eigenvalue weighted by molar-refractivity contribution is -0.0294. The Bertz CT molecular complexity index is 1090. The molecule has 2 aromatic heterocycles. The fraction of sp³-hybridized carbons (Fsp3) is 0.350. The van der Waals surface area contributed by atoms with Crippen molar-refractivity contribution in [2.24, 2.45) is 0 Å². The normalized spacial score (nSPS) is 17.3. The molecule has 164 valence electrons. The van der Waals surface area contributed by atoms with E-state index in [9.17, 15) is 18.7 Å². The predicted octanol–water partition coefficient (Wildman–Crippen LogP) is 1.36. The van der Waals surface area contributed by atoms with Gasteiger partial charge >= 0.3 is 0 Å². The van der Waals surface area contributed by atoms with E-state index in [1.54, 1.807) is 12.3 Å². The van der Waals surface area contributed by atoms with Crippen LogP contribution in [-0.4, -0.2) is 56.6 Å². The molecule has 0 spiro atoms. The highest BCUT2D eigenvalue weighted by molar-refractivity contribution is 5.99. The molecule has 1 aliphatic rings. The average Bonchev–Trinajstić information content (AvgIpc) is 3.41. The number of rotatable bonds is 7. The van der Waals surface area contributed by atoms with Crippen LogP contribution in [0.3, 0.4) is 0 Å². The van der Waals surface area contributed by atoms with Crippen molar-refractivity contribution in [1.82, 2.24) is 20.1 Å². The van der Waals surface area contributed by atoms with E-state index in [0.717, 1.165) is 18.6 Å². The third-order valence-corrected chi connectivity index (χ3v) is 5.11. The number of aromatic nitrogens is 3. The van der Waals surface area contributed by atoms with Gasteiger partial charge in [-0.25, -0.2) is 23.8 Å². The summed E-state index contributed by atoms with van der Waals surface area (Å²) in [4.78, 5) is 23.7. The van der Waals surface area contributed by atoms with E-state index in [-0.39, 0.29) is 29.4 Å². The first-order valence-electron chi connectivity index (χ1n) is 9.75. The van der Waals surface area contributed by atoms with Gasteiger partial charge in [-0.2, -0.15) is 5.10 Å². The molecular formula is C20H21F2N5O4. The summed E-state index contributed by atoms with van der Waals surface area (Å²) in [6.07, 6.45) is 3.25. The summed E-state index contributed by atoms with van der Waals surface area (Å²) in [7, 11) is 0. The van der Waals surface area contributed by atoms with Crippen LogP contribution in [0.25, 0.3) is 5.65 Å². The predicted molar refractivity (Wildman–Crippen MR) is 105 cm³/mol. The van der Waals surface area contributed by atoms with Gasteiger partial charge in [0.15, 0.2) is 5.65 Å². The van der Waals surface area contributed by atoms with Crippen molar-refractivity contribution in [1.29, 1.82) is 0 Å². The third kappa shape index (κ3) is 4.33. The number of fused-ring (bicyclic) bond motifs is 1. The van der Waals surface area contributed by atoms with Gasteiger partial charge < -0.3 is 15.1 Å². The number of hydrogen-bond acceptors (Lipinski definition) is 7. The summed E-state index contributed by atoms with van der Waals surface area (Å²) in [5.41, 5.74) is 2.83. The maximum atomic E-state index is 14.4. The first-order chi connectivity index (χ1) is 15.0. The number of amides is 1. The molecule has 2 unspecified atom stereocenters. The molecule has 1 aromatic carbocycles. The van der Waals surface area contributed by atoms with Crippen LogP contribution in [0.1, 0.15) is 34.8 Å². The summed E-state index contributed by atoms with van der Waals surface area (Å²) in [5.74, 6) is -1.11. The topological polar surface area (TPSA) is 112 Å². The van der Waals surface area contributed by atoms with Gasteiger partial charge in [-0.3, -0.25) is 9.63 Å². The zero-order chi connectivity index (χ0) is 22.0. The highest BCUT2D eigenvalue weighted by atomic mass is 19.1. The molecule has 0 aliphatic carbocycles.